The standard InChI is InChI=1S/C15H11N7O/c1-22-14(19-20-21-22)10-2-3-13(11(8-10)9-16)15(23)18-12-4-6-17-7-5-12/h2-8H,1H3,(H,17,18,23). The number of carbonyl (C=O) groups is 1. The average Bonchev–Trinajstić information content (AvgIpc) is 3.01. The van der Waals surface area contributed by atoms with Crippen molar-refractivity contribution in [3.05, 3.63) is 53.9 Å². The number of carbonyl (C=O) groups excluding carboxylic acids is 1. The number of tetrazole rings is 1. The molecule has 0 aliphatic carbocycles. The highest BCUT2D eigenvalue weighted by molar-refractivity contribution is 6.06. The summed E-state index contributed by atoms with van der Waals surface area (Å²) >= 11 is 0. The number of nitrogens with one attached hydrogen (secondary N) is 1. The van der Waals surface area contributed by atoms with Gasteiger partial charge in [-0.1, -0.05) is 6.07 Å². The van der Waals surface area contributed by atoms with Crippen molar-refractivity contribution < 1.29 is 4.79 Å². The summed E-state index contributed by atoms with van der Waals surface area (Å²) in [6.07, 6.45) is 3.15. The topological polar surface area (TPSA) is 109 Å². The zero-order chi connectivity index (χ0) is 16.2. The lowest BCUT2D eigenvalue weighted by molar-refractivity contribution is 0.102. The number of anilines is 1. The molecule has 1 amide bonds. The molecule has 2 aromatic heterocycles. The second-order valence-corrected chi connectivity index (χ2v) is 4.69. The predicted molar refractivity (Wildman–Crippen MR) is 81.1 cm³/mol. The van der Waals surface area contributed by atoms with Crippen LogP contribution >= 0.6 is 0 Å². The van der Waals surface area contributed by atoms with E-state index in [0.717, 1.165) is 0 Å². The number of hydrogen-bond acceptors (Lipinski definition) is 6. The molecule has 0 bridgehead atoms. The summed E-state index contributed by atoms with van der Waals surface area (Å²) in [6.45, 7) is 0. The third-order valence-electron chi connectivity index (χ3n) is 3.20. The molecule has 0 saturated heterocycles. The van der Waals surface area contributed by atoms with E-state index in [9.17, 15) is 10.1 Å². The molecule has 3 aromatic rings. The van der Waals surface area contributed by atoms with Crippen LogP contribution in [0.3, 0.4) is 0 Å². The lowest BCUT2D eigenvalue weighted by Gasteiger charge is -2.07. The summed E-state index contributed by atoms with van der Waals surface area (Å²) in [6, 6.07) is 10.2. The molecule has 2 heterocycles. The van der Waals surface area contributed by atoms with Gasteiger partial charge in [-0.2, -0.15) is 5.26 Å². The molecule has 0 radical (unpaired) electrons. The normalized spacial score (nSPS) is 10.1. The molecule has 0 fully saturated rings. The second kappa shape index (κ2) is 6.03. The molecule has 0 aliphatic heterocycles. The summed E-state index contributed by atoms with van der Waals surface area (Å²) in [4.78, 5) is 16.2. The number of aromatic nitrogens is 5. The fourth-order valence-corrected chi connectivity index (χ4v) is 2.08. The number of rotatable bonds is 3. The lowest BCUT2D eigenvalue weighted by Crippen LogP contribution is -2.13. The molecule has 1 N–H and O–H groups in total. The molecule has 23 heavy (non-hydrogen) atoms. The number of amides is 1. The quantitative estimate of drug-likeness (QED) is 0.783. The summed E-state index contributed by atoms with van der Waals surface area (Å²) < 4.78 is 1.49. The maximum atomic E-state index is 12.3. The molecule has 1 aromatic carbocycles. The van der Waals surface area contributed by atoms with Gasteiger partial charge in [-0.25, -0.2) is 4.68 Å². The molecule has 8 heteroatoms. The van der Waals surface area contributed by atoms with Gasteiger partial charge in [0.15, 0.2) is 5.82 Å². The zero-order valence-electron chi connectivity index (χ0n) is 12.1. The zero-order valence-corrected chi connectivity index (χ0v) is 12.1. The third kappa shape index (κ3) is 2.89. The minimum Gasteiger partial charge on any atom is -0.322 e. The van der Waals surface area contributed by atoms with E-state index in [1.807, 2.05) is 6.07 Å². The van der Waals surface area contributed by atoms with Gasteiger partial charge in [0.2, 0.25) is 0 Å². The van der Waals surface area contributed by atoms with Crippen LogP contribution in [0.25, 0.3) is 11.4 Å². The first-order valence-corrected chi connectivity index (χ1v) is 6.67. The van der Waals surface area contributed by atoms with Crippen molar-refractivity contribution in [2.75, 3.05) is 5.32 Å². The van der Waals surface area contributed by atoms with Crippen LogP contribution < -0.4 is 5.32 Å². The number of hydrogen-bond donors (Lipinski definition) is 1. The molecule has 0 spiro atoms. The van der Waals surface area contributed by atoms with Gasteiger partial charge in [-0.15, -0.1) is 5.10 Å². The van der Waals surface area contributed by atoms with Gasteiger partial charge in [0.1, 0.15) is 0 Å². The minimum absolute atomic E-state index is 0.247. The Morgan fingerprint density at radius 2 is 2.04 bits per heavy atom. The van der Waals surface area contributed by atoms with Crippen LogP contribution in [0.1, 0.15) is 15.9 Å². The largest absolute Gasteiger partial charge is 0.322 e. The highest BCUT2D eigenvalue weighted by atomic mass is 16.1. The smallest absolute Gasteiger partial charge is 0.257 e. The maximum absolute atomic E-state index is 12.3. The Kier molecular flexibility index (Phi) is 3.76. The molecule has 0 atom stereocenters. The van der Waals surface area contributed by atoms with Gasteiger partial charge in [-0.05, 0) is 34.7 Å². The Morgan fingerprint density at radius 3 is 2.70 bits per heavy atom. The van der Waals surface area contributed by atoms with Crippen LogP contribution in [-0.4, -0.2) is 31.1 Å². The molecule has 112 valence electrons. The number of benzene rings is 1. The Labute approximate surface area is 131 Å². The van der Waals surface area contributed by atoms with Crippen molar-refractivity contribution in [2.45, 2.75) is 0 Å². The number of pyridine rings is 1. The SMILES string of the molecule is Cn1nnnc1-c1ccc(C(=O)Nc2ccncc2)c(C#N)c1. The number of aryl methyl sites for hydroxylation is 1. The van der Waals surface area contributed by atoms with Crippen LogP contribution in [0, 0.1) is 11.3 Å². The van der Waals surface area contributed by atoms with E-state index < -0.39 is 0 Å². The first-order valence-electron chi connectivity index (χ1n) is 6.67. The van der Waals surface area contributed by atoms with Gasteiger partial charge in [0, 0.05) is 30.7 Å². The fourth-order valence-electron chi connectivity index (χ4n) is 2.08. The van der Waals surface area contributed by atoms with Crippen LogP contribution in [-0.2, 0) is 7.05 Å². The van der Waals surface area contributed by atoms with E-state index in [1.54, 1.807) is 49.8 Å². The van der Waals surface area contributed by atoms with Crippen LogP contribution in [0.4, 0.5) is 5.69 Å². The van der Waals surface area contributed by atoms with Gasteiger partial charge in [0.25, 0.3) is 5.91 Å². The molecule has 0 aliphatic rings. The van der Waals surface area contributed by atoms with Gasteiger partial charge >= 0.3 is 0 Å². The van der Waals surface area contributed by atoms with Gasteiger partial charge < -0.3 is 5.32 Å². The summed E-state index contributed by atoms with van der Waals surface area (Å²) in [5.41, 5.74) is 1.80. The Balaban J connectivity index is 1.93. The van der Waals surface area contributed by atoms with Crippen LogP contribution in [0.15, 0.2) is 42.7 Å². The first-order chi connectivity index (χ1) is 11.2. The molecular formula is C15H11N7O. The summed E-state index contributed by atoms with van der Waals surface area (Å²) in [7, 11) is 1.70. The van der Waals surface area contributed by atoms with E-state index in [4.69, 9.17) is 0 Å². The van der Waals surface area contributed by atoms with Gasteiger partial charge in [0.05, 0.1) is 17.2 Å². The Bertz CT molecular complexity index is 896. The van der Waals surface area contributed by atoms with E-state index in [0.29, 0.717) is 17.1 Å². The Hall–Kier alpha value is -3.60. The van der Waals surface area contributed by atoms with Crippen molar-refractivity contribution in [1.82, 2.24) is 25.2 Å². The van der Waals surface area contributed by atoms with Crippen molar-refractivity contribution in [3.8, 4) is 17.5 Å². The molecule has 8 nitrogen and oxygen atoms in total. The van der Waals surface area contributed by atoms with Crippen molar-refractivity contribution in [2.24, 2.45) is 7.05 Å². The third-order valence-corrected chi connectivity index (χ3v) is 3.20. The van der Waals surface area contributed by atoms with Crippen LogP contribution in [0.2, 0.25) is 0 Å². The van der Waals surface area contributed by atoms with E-state index in [2.05, 4.69) is 25.8 Å². The predicted octanol–water partition coefficient (Wildman–Crippen LogP) is 1.40. The minimum atomic E-state index is -0.365. The molecule has 3 rings (SSSR count). The average molecular weight is 305 g/mol. The maximum Gasteiger partial charge on any atom is 0.257 e. The highest BCUT2D eigenvalue weighted by Gasteiger charge is 2.15. The monoisotopic (exact) mass is 305 g/mol. The van der Waals surface area contributed by atoms with Crippen molar-refractivity contribution in [1.29, 1.82) is 5.26 Å². The van der Waals surface area contributed by atoms with Gasteiger partial charge in [-0.3, -0.25) is 9.78 Å². The molecular weight excluding hydrogens is 294 g/mol. The number of nitrogens with zero attached hydrogens (tertiary/aromatic N) is 6. The fraction of sp³-hybridized carbons (Fsp3) is 0.0667. The first kappa shape index (κ1) is 14.3. The van der Waals surface area contributed by atoms with Crippen molar-refractivity contribution in [3.63, 3.8) is 0 Å². The summed E-state index contributed by atoms with van der Waals surface area (Å²) in [5, 5.41) is 23.2. The van der Waals surface area contributed by atoms with Crippen LogP contribution in [0.5, 0.6) is 0 Å². The lowest BCUT2D eigenvalue weighted by atomic mass is 10.0. The van der Waals surface area contributed by atoms with E-state index in [1.165, 1.54) is 4.68 Å². The molecule has 0 unspecified atom stereocenters. The van der Waals surface area contributed by atoms with E-state index >= 15 is 0 Å². The highest BCUT2D eigenvalue weighted by Crippen LogP contribution is 2.20. The van der Waals surface area contributed by atoms with Crippen molar-refractivity contribution >= 4 is 11.6 Å². The Morgan fingerprint density at radius 1 is 1.26 bits per heavy atom. The number of nitriles is 1. The van der Waals surface area contributed by atoms with E-state index in [-0.39, 0.29) is 17.0 Å². The molecule has 0 saturated carbocycles. The summed E-state index contributed by atoms with van der Waals surface area (Å²) in [5.74, 6) is 0.151. The second-order valence-electron chi connectivity index (χ2n) is 4.69.